The molecule has 1 unspecified atom stereocenters. The van der Waals surface area contributed by atoms with Crippen LogP contribution in [0.2, 0.25) is 0 Å². The first-order chi connectivity index (χ1) is 12.4. The Morgan fingerprint density at radius 1 is 1.04 bits per heavy atom. The molecule has 140 valence electrons. The van der Waals surface area contributed by atoms with Crippen molar-refractivity contribution in [1.29, 1.82) is 0 Å². The van der Waals surface area contributed by atoms with Gasteiger partial charge in [0.2, 0.25) is 0 Å². The fourth-order valence-corrected chi connectivity index (χ4v) is 3.39. The third-order valence-electron chi connectivity index (χ3n) is 4.08. The second-order valence-electron chi connectivity index (χ2n) is 6.05. The number of nitrogens with one attached hydrogen (secondary N) is 1. The second-order valence-corrected chi connectivity index (χ2v) is 7.39. The monoisotopic (exact) mass is 395 g/mol. The summed E-state index contributed by atoms with van der Waals surface area (Å²) in [4.78, 5) is 4.35. The van der Waals surface area contributed by atoms with Gasteiger partial charge < -0.3 is 20.4 Å². The Balaban J connectivity index is 2.04. The molecule has 0 aliphatic rings. The lowest BCUT2D eigenvalue weighted by atomic mass is 9.92. The Bertz CT molecular complexity index is 709. The molecule has 0 fully saturated rings. The van der Waals surface area contributed by atoms with Gasteiger partial charge in [-0.25, -0.2) is 4.84 Å². The lowest BCUT2D eigenvalue weighted by Crippen LogP contribution is -2.48. The van der Waals surface area contributed by atoms with Crippen LogP contribution in [0.3, 0.4) is 0 Å². The zero-order valence-electron chi connectivity index (χ0n) is 14.1. The van der Waals surface area contributed by atoms with Crippen LogP contribution in [-0.4, -0.2) is 39.2 Å². The van der Waals surface area contributed by atoms with E-state index in [2.05, 4.69) is 11.4 Å². The summed E-state index contributed by atoms with van der Waals surface area (Å²) < 4.78 is 0. The van der Waals surface area contributed by atoms with Crippen molar-refractivity contribution in [3.05, 3.63) is 66.2 Å². The van der Waals surface area contributed by atoms with Crippen LogP contribution in [0, 0.1) is 0 Å². The number of aliphatic hydroxyl groups excluding tert-OH is 4. The average Bonchev–Trinajstić information content (AvgIpc) is 2.67. The Morgan fingerprint density at radius 3 is 1.96 bits per heavy atom. The summed E-state index contributed by atoms with van der Waals surface area (Å²) in [6, 6.07) is 14.7. The third kappa shape index (κ3) is 5.23. The van der Waals surface area contributed by atoms with E-state index in [1.165, 1.54) is 0 Å². The molecular formula is C19H22ClNO4S. The van der Waals surface area contributed by atoms with Crippen molar-refractivity contribution in [2.75, 3.05) is 13.2 Å². The van der Waals surface area contributed by atoms with Gasteiger partial charge in [-0.1, -0.05) is 42.6 Å². The van der Waals surface area contributed by atoms with Crippen LogP contribution in [-0.2, 0) is 0 Å². The number of halogens is 1. The average molecular weight is 396 g/mol. The summed E-state index contributed by atoms with van der Waals surface area (Å²) in [5.74, 6) is 0.0353. The van der Waals surface area contributed by atoms with E-state index < -0.39 is 24.9 Å². The summed E-state index contributed by atoms with van der Waals surface area (Å²) in [6.45, 7) is 2.70. The highest BCUT2D eigenvalue weighted by Gasteiger charge is 2.31. The molecule has 0 bridgehead atoms. The molecule has 0 aliphatic heterocycles. The molecule has 5 nitrogen and oxygen atoms in total. The molecule has 26 heavy (non-hydrogen) atoms. The van der Waals surface area contributed by atoms with Crippen LogP contribution < -0.4 is 4.84 Å². The minimum atomic E-state index is -1.15. The van der Waals surface area contributed by atoms with Crippen molar-refractivity contribution in [3.63, 3.8) is 0 Å². The van der Waals surface area contributed by atoms with E-state index in [1.807, 2.05) is 24.3 Å². The fourth-order valence-electron chi connectivity index (χ4n) is 2.37. The van der Waals surface area contributed by atoms with Gasteiger partial charge in [0, 0.05) is 21.8 Å². The van der Waals surface area contributed by atoms with Gasteiger partial charge in [0.25, 0.3) is 0 Å². The molecule has 0 aromatic heterocycles. The lowest BCUT2D eigenvalue weighted by Gasteiger charge is -2.30. The quantitative estimate of drug-likeness (QED) is 0.330. The molecule has 2 aromatic rings. The molecule has 2 aromatic carbocycles. The van der Waals surface area contributed by atoms with E-state index >= 15 is 0 Å². The van der Waals surface area contributed by atoms with E-state index in [1.54, 1.807) is 36.0 Å². The summed E-state index contributed by atoms with van der Waals surface area (Å²) in [5.41, 5.74) is 0.198. The van der Waals surface area contributed by atoms with Crippen molar-refractivity contribution in [2.24, 2.45) is 0 Å². The zero-order valence-corrected chi connectivity index (χ0v) is 15.7. The van der Waals surface area contributed by atoms with Crippen molar-refractivity contribution >= 4 is 29.3 Å². The maximum absolute atomic E-state index is 10.4. The zero-order chi connectivity index (χ0) is 19.2. The molecule has 7 heteroatoms. The summed E-state index contributed by atoms with van der Waals surface area (Å²) >= 11 is 7.15. The number of aliphatic hydroxyl groups is 4. The molecule has 0 saturated carbocycles. The topological polar surface area (TPSA) is 93.0 Å². The summed E-state index contributed by atoms with van der Waals surface area (Å²) in [5, 5.41) is 38.5. The predicted octanol–water partition coefficient (Wildman–Crippen LogP) is 3.26. The van der Waals surface area contributed by atoms with Gasteiger partial charge >= 0.3 is 0 Å². The summed E-state index contributed by atoms with van der Waals surface area (Å²) in [6.07, 6.45) is -0.808. The number of benzene rings is 2. The highest BCUT2D eigenvalue weighted by atomic mass is 35.5. The van der Waals surface area contributed by atoms with E-state index in [-0.39, 0.29) is 12.2 Å². The van der Waals surface area contributed by atoms with Gasteiger partial charge in [-0.05, 0) is 41.6 Å². The van der Waals surface area contributed by atoms with Crippen molar-refractivity contribution < 1.29 is 20.4 Å². The molecule has 1 atom stereocenters. The minimum absolute atomic E-state index is 0.0353. The van der Waals surface area contributed by atoms with Crippen LogP contribution in [0.5, 0.6) is 0 Å². The summed E-state index contributed by atoms with van der Waals surface area (Å²) in [7, 11) is 0. The molecule has 0 aliphatic carbocycles. The number of rotatable bonds is 9. The van der Waals surface area contributed by atoms with Crippen molar-refractivity contribution in [1.82, 2.24) is 4.84 Å². The smallest absolute Gasteiger partial charge is 0.115 e. The van der Waals surface area contributed by atoms with E-state index in [0.29, 0.717) is 11.1 Å². The van der Waals surface area contributed by atoms with Crippen LogP contribution >= 0.6 is 23.5 Å². The lowest BCUT2D eigenvalue weighted by molar-refractivity contribution is 0.0526. The third-order valence-corrected chi connectivity index (χ3v) is 5.49. The van der Waals surface area contributed by atoms with Gasteiger partial charge in [-0.3, -0.25) is 0 Å². The molecule has 0 saturated heterocycles. The minimum Gasteiger partial charge on any atom is -0.508 e. The highest BCUT2D eigenvalue weighted by molar-refractivity contribution is 7.99. The fraction of sp³-hybridized carbons (Fsp3) is 0.263. The van der Waals surface area contributed by atoms with Crippen LogP contribution in [0.25, 0.3) is 5.76 Å². The molecule has 5 N–H and O–H groups in total. The Morgan fingerprint density at radius 2 is 1.54 bits per heavy atom. The molecule has 2 rings (SSSR count). The van der Waals surface area contributed by atoms with Gasteiger partial charge in [-0.2, -0.15) is 0 Å². The second kappa shape index (κ2) is 9.41. The highest BCUT2D eigenvalue weighted by Crippen LogP contribution is 2.31. The SMILES string of the molecule is C=C(O)c1ccc(Sc2ccc(C(O)CC(CO)(CO)NCl)cc2)cc1. The van der Waals surface area contributed by atoms with Crippen molar-refractivity contribution in [2.45, 2.75) is 27.9 Å². The van der Waals surface area contributed by atoms with Crippen LogP contribution in [0.15, 0.2) is 64.9 Å². The van der Waals surface area contributed by atoms with Gasteiger partial charge in [0.15, 0.2) is 0 Å². The van der Waals surface area contributed by atoms with Gasteiger partial charge in [0.1, 0.15) is 5.76 Å². The largest absolute Gasteiger partial charge is 0.508 e. The normalized spacial score (nSPS) is 12.8. The predicted molar refractivity (Wildman–Crippen MR) is 104 cm³/mol. The molecule has 0 amide bonds. The molecular weight excluding hydrogens is 374 g/mol. The van der Waals surface area contributed by atoms with Crippen LogP contribution in [0.4, 0.5) is 0 Å². The molecule has 0 spiro atoms. The number of hydrogen-bond acceptors (Lipinski definition) is 6. The van der Waals surface area contributed by atoms with Crippen LogP contribution in [0.1, 0.15) is 23.7 Å². The van der Waals surface area contributed by atoms with E-state index in [4.69, 9.17) is 11.8 Å². The Hall–Kier alpha value is -1.54. The first-order valence-electron chi connectivity index (χ1n) is 7.97. The van der Waals surface area contributed by atoms with E-state index in [9.17, 15) is 20.4 Å². The first kappa shape index (κ1) is 20.8. The molecule has 0 heterocycles. The maximum Gasteiger partial charge on any atom is 0.115 e. The van der Waals surface area contributed by atoms with E-state index in [0.717, 1.165) is 9.79 Å². The van der Waals surface area contributed by atoms with Gasteiger partial charge in [0.05, 0.1) is 24.9 Å². The Labute approximate surface area is 162 Å². The van der Waals surface area contributed by atoms with Crippen molar-refractivity contribution in [3.8, 4) is 0 Å². The number of hydrogen-bond donors (Lipinski definition) is 5. The Kier molecular flexibility index (Phi) is 7.52. The first-order valence-corrected chi connectivity index (χ1v) is 9.16. The standard InChI is InChI=1S/C19H22ClNO4S/c1-13(24)14-2-6-16(7-3-14)26-17-8-4-15(5-9-17)18(25)10-19(11-22,12-23)21-20/h2-9,18,21-25H,1,10-12H2. The molecule has 0 radical (unpaired) electrons. The maximum atomic E-state index is 10.4. The van der Waals surface area contributed by atoms with Gasteiger partial charge in [-0.15, -0.1) is 0 Å².